The van der Waals surface area contributed by atoms with Crippen molar-refractivity contribution in [3.63, 3.8) is 0 Å². The predicted molar refractivity (Wildman–Crippen MR) is 104 cm³/mol. The molecule has 4 rings (SSSR count). The number of anilines is 1. The number of primary amides is 1. The number of thioether (sulfide) groups is 1. The van der Waals surface area contributed by atoms with Gasteiger partial charge in [-0.05, 0) is 23.3 Å². The molecular formula is C19H18N6OS. The van der Waals surface area contributed by atoms with Gasteiger partial charge < -0.3 is 11.1 Å². The Balaban J connectivity index is 1.68. The summed E-state index contributed by atoms with van der Waals surface area (Å²) in [5.74, 6) is 0.210. The number of hydrogen-bond donors (Lipinski definition) is 2. The first-order valence-electron chi connectivity index (χ1n) is 8.42. The second-order valence-electron chi connectivity index (χ2n) is 6.19. The second-order valence-corrected chi connectivity index (χ2v) is 7.13. The van der Waals surface area contributed by atoms with Crippen LogP contribution in [0.15, 0.2) is 72.3 Å². The molecule has 1 aromatic carbocycles. The standard InChI is InChI=1S/C19H18N6OS/c1-12-15(17(20)26)16(14-7-9-21-10-8-14)25-18(22-12)23-19(24-25)27-11-13-5-3-2-4-6-13/h2-10,15-16H,1,11H2,(H2,20,26)(H,22,23,24)/t15-,16+/m1/s1. The van der Waals surface area contributed by atoms with Crippen molar-refractivity contribution >= 4 is 23.6 Å². The number of carbonyl (C=O) groups is 1. The Hall–Kier alpha value is -3.13. The van der Waals surface area contributed by atoms with E-state index in [1.807, 2.05) is 30.3 Å². The lowest BCUT2D eigenvalue weighted by atomic mass is 9.89. The molecule has 3 N–H and O–H groups in total. The van der Waals surface area contributed by atoms with Crippen LogP contribution < -0.4 is 11.1 Å². The molecule has 0 fully saturated rings. The van der Waals surface area contributed by atoms with Crippen molar-refractivity contribution in [1.82, 2.24) is 19.7 Å². The summed E-state index contributed by atoms with van der Waals surface area (Å²) in [6, 6.07) is 13.4. The number of carbonyl (C=O) groups excluding carboxylic acids is 1. The molecule has 0 saturated heterocycles. The number of amides is 1. The zero-order valence-corrected chi connectivity index (χ0v) is 15.3. The van der Waals surface area contributed by atoms with Gasteiger partial charge in [0.1, 0.15) is 5.92 Å². The Morgan fingerprint density at radius 3 is 2.67 bits per heavy atom. The number of nitrogens with zero attached hydrogens (tertiary/aromatic N) is 4. The molecule has 0 unspecified atom stereocenters. The minimum absolute atomic E-state index is 0.409. The zero-order valence-electron chi connectivity index (χ0n) is 14.4. The van der Waals surface area contributed by atoms with Crippen molar-refractivity contribution in [1.29, 1.82) is 0 Å². The van der Waals surface area contributed by atoms with Gasteiger partial charge in [-0.3, -0.25) is 9.78 Å². The molecule has 0 aliphatic carbocycles. The number of rotatable bonds is 5. The summed E-state index contributed by atoms with van der Waals surface area (Å²) in [5, 5.41) is 8.33. The Kier molecular flexibility index (Phi) is 4.64. The minimum Gasteiger partial charge on any atom is -0.369 e. The molecule has 7 nitrogen and oxygen atoms in total. The van der Waals surface area contributed by atoms with Gasteiger partial charge >= 0.3 is 0 Å². The van der Waals surface area contributed by atoms with E-state index in [4.69, 9.17) is 5.73 Å². The number of aromatic nitrogens is 4. The highest BCUT2D eigenvalue weighted by Crippen LogP contribution is 2.38. The van der Waals surface area contributed by atoms with Crippen molar-refractivity contribution in [3.05, 3.63) is 78.3 Å². The molecule has 0 spiro atoms. The summed E-state index contributed by atoms with van der Waals surface area (Å²) in [7, 11) is 0. The van der Waals surface area contributed by atoms with Crippen LogP contribution in [0.25, 0.3) is 0 Å². The smallest absolute Gasteiger partial charge is 0.229 e. The first-order chi connectivity index (χ1) is 13.1. The van der Waals surface area contributed by atoms with Crippen LogP contribution in [0, 0.1) is 5.92 Å². The van der Waals surface area contributed by atoms with Crippen molar-refractivity contribution in [2.45, 2.75) is 17.0 Å². The maximum absolute atomic E-state index is 12.1. The lowest BCUT2D eigenvalue weighted by Gasteiger charge is -2.32. The first-order valence-corrected chi connectivity index (χ1v) is 9.40. The van der Waals surface area contributed by atoms with Crippen molar-refractivity contribution < 1.29 is 4.79 Å². The number of benzene rings is 1. The summed E-state index contributed by atoms with van der Waals surface area (Å²) < 4.78 is 1.72. The maximum Gasteiger partial charge on any atom is 0.229 e. The lowest BCUT2D eigenvalue weighted by molar-refractivity contribution is -0.121. The molecule has 3 heterocycles. The van der Waals surface area contributed by atoms with Crippen LogP contribution >= 0.6 is 11.8 Å². The molecule has 136 valence electrons. The molecule has 8 heteroatoms. The summed E-state index contributed by atoms with van der Waals surface area (Å²) in [5.41, 5.74) is 8.24. The molecule has 27 heavy (non-hydrogen) atoms. The van der Waals surface area contributed by atoms with Crippen LogP contribution in [0.4, 0.5) is 5.95 Å². The van der Waals surface area contributed by atoms with Crippen molar-refractivity contribution in [3.8, 4) is 0 Å². The highest BCUT2D eigenvalue weighted by atomic mass is 32.2. The van der Waals surface area contributed by atoms with Gasteiger partial charge in [-0.15, -0.1) is 5.10 Å². The number of nitrogens with two attached hydrogens (primary N) is 1. The van der Waals surface area contributed by atoms with Crippen LogP contribution in [0.2, 0.25) is 0 Å². The van der Waals surface area contributed by atoms with Gasteiger partial charge in [0.05, 0.1) is 6.04 Å². The van der Waals surface area contributed by atoms with E-state index in [1.54, 1.807) is 17.1 Å². The van der Waals surface area contributed by atoms with Crippen LogP contribution in [-0.2, 0) is 10.5 Å². The van der Waals surface area contributed by atoms with E-state index in [9.17, 15) is 4.79 Å². The van der Waals surface area contributed by atoms with Crippen LogP contribution in [0.5, 0.6) is 0 Å². The molecule has 1 aliphatic heterocycles. The average Bonchev–Trinajstić information content (AvgIpc) is 3.09. The van der Waals surface area contributed by atoms with E-state index in [-0.39, 0.29) is 0 Å². The first kappa shape index (κ1) is 17.3. The molecule has 2 atom stereocenters. The summed E-state index contributed by atoms with van der Waals surface area (Å²) in [6.07, 6.45) is 3.36. The molecule has 3 aromatic rings. The largest absolute Gasteiger partial charge is 0.369 e. The minimum atomic E-state index is -0.631. The SMILES string of the molecule is C=C1Nc2nc(SCc3ccccc3)nn2[C@@H](c2ccncc2)[C@@H]1C(N)=O. The van der Waals surface area contributed by atoms with E-state index in [0.29, 0.717) is 16.8 Å². The Labute approximate surface area is 160 Å². The Morgan fingerprint density at radius 1 is 1.22 bits per heavy atom. The summed E-state index contributed by atoms with van der Waals surface area (Å²) in [4.78, 5) is 20.7. The van der Waals surface area contributed by atoms with Crippen LogP contribution in [-0.4, -0.2) is 25.7 Å². The van der Waals surface area contributed by atoms with Gasteiger partial charge in [-0.2, -0.15) is 4.98 Å². The van der Waals surface area contributed by atoms with Crippen LogP contribution in [0.1, 0.15) is 17.2 Å². The molecular weight excluding hydrogens is 360 g/mol. The Bertz CT molecular complexity index is 972. The highest BCUT2D eigenvalue weighted by Gasteiger charge is 2.39. The molecule has 0 radical (unpaired) electrons. The van der Waals surface area contributed by atoms with Crippen molar-refractivity contribution in [2.75, 3.05) is 5.32 Å². The van der Waals surface area contributed by atoms with Gasteiger partial charge in [0.2, 0.25) is 17.0 Å². The summed E-state index contributed by atoms with van der Waals surface area (Å²) >= 11 is 1.53. The highest BCUT2D eigenvalue weighted by molar-refractivity contribution is 7.98. The van der Waals surface area contributed by atoms with Gasteiger partial charge in [0, 0.05) is 23.8 Å². The van der Waals surface area contributed by atoms with E-state index in [2.05, 4.69) is 39.1 Å². The third-order valence-electron chi connectivity index (χ3n) is 4.40. The fourth-order valence-electron chi connectivity index (χ4n) is 3.14. The number of fused-ring (bicyclic) bond motifs is 1. The van der Waals surface area contributed by atoms with Crippen molar-refractivity contribution in [2.24, 2.45) is 11.7 Å². The van der Waals surface area contributed by atoms with Gasteiger partial charge in [-0.1, -0.05) is 48.7 Å². The molecule has 2 aromatic heterocycles. The fourth-order valence-corrected chi connectivity index (χ4v) is 3.93. The van der Waals surface area contributed by atoms with E-state index in [1.165, 1.54) is 17.3 Å². The van der Waals surface area contributed by atoms with Gasteiger partial charge in [0.15, 0.2) is 0 Å². The van der Waals surface area contributed by atoms with Crippen LogP contribution in [0.3, 0.4) is 0 Å². The van der Waals surface area contributed by atoms with E-state index < -0.39 is 17.9 Å². The molecule has 1 aliphatic rings. The quantitative estimate of drug-likeness (QED) is 0.662. The van der Waals surface area contributed by atoms with E-state index >= 15 is 0 Å². The third-order valence-corrected chi connectivity index (χ3v) is 5.31. The molecule has 0 saturated carbocycles. The molecule has 1 amide bonds. The predicted octanol–water partition coefficient (Wildman–Crippen LogP) is 2.60. The third kappa shape index (κ3) is 3.43. The summed E-state index contributed by atoms with van der Waals surface area (Å²) in [6.45, 7) is 3.98. The van der Waals surface area contributed by atoms with Gasteiger partial charge in [-0.25, -0.2) is 4.68 Å². The maximum atomic E-state index is 12.1. The monoisotopic (exact) mass is 378 g/mol. The lowest BCUT2D eigenvalue weighted by Crippen LogP contribution is -2.40. The van der Waals surface area contributed by atoms with E-state index in [0.717, 1.165) is 11.3 Å². The topological polar surface area (TPSA) is 98.7 Å². The fraction of sp³-hybridized carbons (Fsp3) is 0.158. The average molecular weight is 378 g/mol. The second kappa shape index (κ2) is 7.24. The van der Waals surface area contributed by atoms with Gasteiger partial charge in [0.25, 0.3) is 0 Å². The zero-order chi connectivity index (χ0) is 18.8. The Morgan fingerprint density at radius 2 is 1.96 bits per heavy atom. The molecule has 0 bridgehead atoms. The number of pyridine rings is 1. The normalized spacial score (nSPS) is 18.6. The number of nitrogens with one attached hydrogen (secondary N) is 1. The number of hydrogen-bond acceptors (Lipinski definition) is 6.